The van der Waals surface area contributed by atoms with E-state index < -0.39 is 5.60 Å². The Balaban J connectivity index is 1.48. The number of para-hydroxylation sites is 2. The van der Waals surface area contributed by atoms with E-state index in [1.54, 1.807) is 6.20 Å². The first-order valence-electron chi connectivity index (χ1n) is 9.23. The van der Waals surface area contributed by atoms with Crippen LogP contribution in [0.2, 0.25) is 0 Å². The summed E-state index contributed by atoms with van der Waals surface area (Å²) in [6.07, 6.45) is 4.43. The quantitative estimate of drug-likeness (QED) is 0.826. The summed E-state index contributed by atoms with van der Waals surface area (Å²) in [5.41, 5.74) is 1.24. The number of piperidine rings is 1. The molecule has 1 aromatic carbocycles. The lowest BCUT2D eigenvalue weighted by molar-refractivity contribution is 0.0154. The minimum atomic E-state index is -0.456. The van der Waals surface area contributed by atoms with Crippen molar-refractivity contribution in [2.45, 2.75) is 45.6 Å². The summed E-state index contributed by atoms with van der Waals surface area (Å²) in [5.74, 6) is 0.966. The predicted molar refractivity (Wildman–Crippen MR) is 100 cm³/mol. The van der Waals surface area contributed by atoms with Crippen molar-refractivity contribution >= 4 is 17.1 Å². The zero-order valence-corrected chi connectivity index (χ0v) is 15.8. The first-order chi connectivity index (χ1) is 12.4. The minimum absolute atomic E-state index is 0.219. The number of rotatable bonds is 4. The molecule has 1 aliphatic rings. The number of nitrogens with zero attached hydrogens (tertiary/aromatic N) is 3. The van der Waals surface area contributed by atoms with E-state index in [1.807, 2.05) is 49.9 Å². The fourth-order valence-corrected chi connectivity index (χ4v) is 3.13. The number of carbonyl (C=O) groups is 1. The van der Waals surface area contributed by atoms with Gasteiger partial charge >= 0.3 is 6.09 Å². The van der Waals surface area contributed by atoms with Crippen LogP contribution in [0.3, 0.4) is 0 Å². The molecule has 1 atom stereocenters. The normalized spacial score (nSPS) is 18.0. The molecule has 1 amide bonds. The van der Waals surface area contributed by atoms with E-state index in [9.17, 15) is 4.79 Å². The van der Waals surface area contributed by atoms with Crippen LogP contribution < -0.4 is 4.74 Å². The summed E-state index contributed by atoms with van der Waals surface area (Å²) in [7, 11) is 0. The van der Waals surface area contributed by atoms with Crippen molar-refractivity contribution in [1.82, 2.24) is 14.9 Å². The second-order valence-corrected chi connectivity index (χ2v) is 7.77. The van der Waals surface area contributed by atoms with E-state index in [0.29, 0.717) is 18.4 Å². The van der Waals surface area contributed by atoms with E-state index in [4.69, 9.17) is 9.47 Å². The number of hydrogen-bond donors (Lipinski definition) is 0. The molecule has 2 heterocycles. The maximum absolute atomic E-state index is 12.2. The molecule has 6 heteroatoms. The molecule has 0 aliphatic carbocycles. The molecule has 0 spiro atoms. The van der Waals surface area contributed by atoms with E-state index in [2.05, 4.69) is 9.97 Å². The molecule has 6 nitrogen and oxygen atoms in total. The number of fused-ring (bicyclic) bond motifs is 1. The maximum Gasteiger partial charge on any atom is 0.410 e. The third-order valence-corrected chi connectivity index (χ3v) is 4.37. The Morgan fingerprint density at radius 1 is 1.27 bits per heavy atom. The Labute approximate surface area is 154 Å². The largest absolute Gasteiger partial charge is 0.477 e. The fraction of sp³-hybridized carbons (Fsp3) is 0.550. The molecule has 1 fully saturated rings. The number of amides is 1. The van der Waals surface area contributed by atoms with Gasteiger partial charge in [0.15, 0.2) is 0 Å². The van der Waals surface area contributed by atoms with Gasteiger partial charge in [-0.2, -0.15) is 0 Å². The Bertz CT molecular complexity index is 757. The lowest BCUT2D eigenvalue weighted by Gasteiger charge is -2.34. The fourth-order valence-electron chi connectivity index (χ4n) is 3.13. The number of carbonyl (C=O) groups excluding carboxylic acids is 1. The van der Waals surface area contributed by atoms with E-state index in [0.717, 1.165) is 43.4 Å². The van der Waals surface area contributed by atoms with Gasteiger partial charge in [0.25, 0.3) is 0 Å². The van der Waals surface area contributed by atoms with Gasteiger partial charge < -0.3 is 14.4 Å². The highest BCUT2D eigenvalue weighted by Gasteiger charge is 2.27. The molecular weight excluding hydrogens is 330 g/mol. The van der Waals surface area contributed by atoms with E-state index >= 15 is 0 Å². The number of aromatic nitrogens is 2. The zero-order valence-electron chi connectivity index (χ0n) is 15.8. The standard InChI is InChI=1S/C20H27N3O3/c1-20(2,3)26-19(24)23-11-6-7-15(14-23)10-12-25-18-13-21-16-8-4-5-9-17(16)22-18/h4-5,8-9,13,15H,6-7,10-12,14H2,1-3H3. The molecular formula is C20H27N3O3. The predicted octanol–water partition coefficient (Wildman–Crippen LogP) is 4.05. The number of ether oxygens (including phenoxy) is 2. The van der Waals surface area contributed by atoms with Gasteiger partial charge in [0.2, 0.25) is 5.88 Å². The average Bonchev–Trinajstić information content (AvgIpc) is 2.60. The maximum atomic E-state index is 12.2. The minimum Gasteiger partial charge on any atom is -0.477 e. The van der Waals surface area contributed by atoms with Crippen molar-refractivity contribution in [2.24, 2.45) is 5.92 Å². The smallest absolute Gasteiger partial charge is 0.410 e. The Kier molecular flexibility index (Phi) is 5.59. The molecule has 1 aliphatic heterocycles. The molecule has 0 bridgehead atoms. The van der Waals surface area contributed by atoms with Crippen LogP contribution in [0, 0.1) is 5.92 Å². The summed E-state index contributed by atoms with van der Waals surface area (Å²) in [6.45, 7) is 7.74. The second-order valence-electron chi connectivity index (χ2n) is 7.77. The van der Waals surface area contributed by atoms with Crippen LogP contribution in [0.25, 0.3) is 11.0 Å². The van der Waals surface area contributed by atoms with Gasteiger partial charge in [0.05, 0.1) is 23.8 Å². The van der Waals surface area contributed by atoms with Crippen LogP contribution in [0.15, 0.2) is 30.5 Å². The Morgan fingerprint density at radius 2 is 2.04 bits per heavy atom. The van der Waals surface area contributed by atoms with Gasteiger partial charge in [-0.15, -0.1) is 0 Å². The summed E-state index contributed by atoms with van der Waals surface area (Å²) in [5, 5.41) is 0. The molecule has 3 rings (SSSR count). The molecule has 0 N–H and O–H groups in total. The van der Waals surface area contributed by atoms with E-state index in [-0.39, 0.29) is 6.09 Å². The second kappa shape index (κ2) is 7.89. The Morgan fingerprint density at radius 3 is 2.81 bits per heavy atom. The van der Waals surface area contributed by atoms with Crippen molar-refractivity contribution in [3.63, 3.8) is 0 Å². The van der Waals surface area contributed by atoms with E-state index in [1.165, 1.54) is 0 Å². The zero-order chi connectivity index (χ0) is 18.6. The lowest BCUT2D eigenvalue weighted by Crippen LogP contribution is -2.43. The van der Waals surface area contributed by atoms with Crippen molar-refractivity contribution in [1.29, 1.82) is 0 Å². The van der Waals surface area contributed by atoms with Gasteiger partial charge in [-0.1, -0.05) is 12.1 Å². The average molecular weight is 357 g/mol. The molecule has 1 saturated heterocycles. The van der Waals surface area contributed by atoms with Crippen molar-refractivity contribution < 1.29 is 14.3 Å². The number of likely N-dealkylation sites (tertiary alicyclic amines) is 1. The van der Waals surface area contributed by atoms with Crippen molar-refractivity contribution in [2.75, 3.05) is 19.7 Å². The van der Waals surface area contributed by atoms with Crippen LogP contribution in [0.1, 0.15) is 40.0 Å². The topological polar surface area (TPSA) is 64.5 Å². The van der Waals surface area contributed by atoms with Gasteiger partial charge in [0.1, 0.15) is 5.60 Å². The number of benzene rings is 1. The summed E-state index contributed by atoms with van der Waals surface area (Å²) in [4.78, 5) is 22.9. The number of hydrogen-bond acceptors (Lipinski definition) is 5. The molecule has 2 aromatic rings. The first-order valence-corrected chi connectivity index (χ1v) is 9.23. The van der Waals surface area contributed by atoms with Crippen molar-refractivity contribution in [3.8, 4) is 5.88 Å². The molecule has 1 aromatic heterocycles. The summed E-state index contributed by atoms with van der Waals surface area (Å²) >= 11 is 0. The van der Waals surface area contributed by atoms with Crippen molar-refractivity contribution in [3.05, 3.63) is 30.5 Å². The molecule has 140 valence electrons. The highest BCUT2D eigenvalue weighted by Crippen LogP contribution is 2.22. The highest BCUT2D eigenvalue weighted by atomic mass is 16.6. The SMILES string of the molecule is CC(C)(C)OC(=O)N1CCCC(CCOc2cnc3ccccc3n2)C1. The molecule has 26 heavy (non-hydrogen) atoms. The van der Waals surface area contributed by atoms with Gasteiger partial charge in [-0.05, 0) is 58.1 Å². The van der Waals surface area contributed by atoms with Crippen LogP contribution in [-0.4, -0.2) is 46.3 Å². The molecule has 1 unspecified atom stereocenters. The Hall–Kier alpha value is -2.37. The molecule has 0 radical (unpaired) electrons. The lowest BCUT2D eigenvalue weighted by atomic mass is 9.95. The molecule has 0 saturated carbocycles. The first kappa shape index (κ1) is 18.4. The monoisotopic (exact) mass is 357 g/mol. The van der Waals surface area contributed by atoms with Gasteiger partial charge in [-0.3, -0.25) is 0 Å². The highest BCUT2D eigenvalue weighted by molar-refractivity contribution is 5.73. The summed E-state index contributed by atoms with van der Waals surface area (Å²) in [6, 6.07) is 7.74. The van der Waals surface area contributed by atoms with Crippen LogP contribution in [0.5, 0.6) is 5.88 Å². The van der Waals surface area contributed by atoms with Gasteiger partial charge in [-0.25, -0.2) is 14.8 Å². The van der Waals surface area contributed by atoms with Crippen LogP contribution >= 0.6 is 0 Å². The third kappa shape index (κ3) is 5.07. The third-order valence-electron chi connectivity index (χ3n) is 4.37. The van der Waals surface area contributed by atoms with Crippen LogP contribution in [-0.2, 0) is 4.74 Å². The van der Waals surface area contributed by atoms with Gasteiger partial charge in [0, 0.05) is 13.1 Å². The van der Waals surface area contributed by atoms with Crippen LogP contribution in [0.4, 0.5) is 4.79 Å². The summed E-state index contributed by atoms with van der Waals surface area (Å²) < 4.78 is 11.3.